The van der Waals surface area contributed by atoms with Crippen molar-refractivity contribution in [1.82, 2.24) is 5.32 Å². The van der Waals surface area contributed by atoms with Crippen LogP contribution < -0.4 is 5.32 Å². The number of hydrogen-bond donors (Lipinski definition) is 1. The molecule has 1 fully saturated rings. The van der Waals surface area contributed by atoms with E-state index in [1.807, 2.05) is 0 Å². The summed E-state index contributed by atoms with van der Waals surface area (Å²) in [6.45, 7) is 10.4. The summed E-state index contributed by atoms with van der Waals surface area (Å²) in [4.78, 5) is 0. The van der Waals surface area contributed by atoms with Crippen molar-refractivity contribution < 1.29 is 0 Å². The Hall–Kier alpha value is -0.0400. The van der Waals surface area contributed by atoms with Crippen LogP contribution in [0.5, 0.6) is 0 Å². The molecule has 0 bridgehead atoms. The van der Waals surface area contributed by atoms with Gasteiger partial charge in [0, 0.05) is 6.04 Å². The summed E-state index contributed by atoms with van der Waals surface area (Å²) in [5, 5.41) is 3.77. The molecule has 0 saturated heterocycles. The predicted octanol–water partition coefficient (Wildman–Crippen LogP) is 5.40. The normalized spacial score (nSPS) is 25.7. The minimum atomic E-state index is 0.798. The molecule has 0 aromatic rings. The average Bonchev–Trinajstić information content (AvgIpc) is 2.39. The molecule has 0 aromatic carbocycles. The fourth-order valence-electron chi connectivity index (χ4n) is 3.80. The molecule has 19 heavy (non-hydrogen) atoms. The first-order valence-corrected chi connectivity index (χ1v) is 8.90. The Kier molecular flexibility index (Phi) is 8.77. The SMILES string of the molecule is CCCC1CCC(C(CCCC(C)C)NCC)CC1. The molecule has 1 atom stereocenters. The van der Waals surface area contributed by atoms with Crippen molar-refractivity contribution >= 4 is 0 Å². The Morgan fingerprint density at radius 1 is 1.00 bits per heavy atom. The molecule has 0 radical (unpaired) electrons. The topological polar surface area (TPSA) is 12.0 Å². The molecule has 0 aromatic heterocycles. The Morgan fingerprint density at radius 3 is 2.21 bits per heavy atom. The Morgan fingerprint density at radius 2 is 1.68 bits per heavy atom. The molecule has 1 nitrogen and oxygen atoms in total. The molecule has 0 heterocycles. The fourth-order valence-corrected chi connectivity index (χ4v) is 3.80. The van der Waals surface area contributed by atoms with Crippen LogP contribution in [-0.4, -0.2) is 12.6 Å². The van der Waals surface area contributed by atoms with Crippen LogP contribution in [0.15, 0.2) is 0 Å². The fraction of sp³-hybridized carbons (Fsp3) is 1.00. The average molecular weight is 268 g/mol. The zero-order valence-corrected chi connectivity index (χ0v) is 13.9. The van der Waals surface area contributed by atoms with Gasteiger partial charge in [0.2, 0.25) is 0 Å². The van der Waals surface area contributed by atoms with Crippen LogP contribution in [0.1, 0.15) is 85.5 Å². The molecular formula is C18H37N. The highest BCUT2D eigenvalue weighted by Gasteiger charge is 2.26. The van der Waals surface area contributed by atoms with Crippen LogP contribution in [0.25, 0.3) is 0 Å². The van der Waals surface area contributed by atoms with Crippen molar-refractivity contribution in [3.8, 4) is 0 Å². The van der Waals surface area contributed by atoms with Crippen molar-refractivity contribution in [2.75, 3.05) is 6.54 Å². The molecule has 1 rings (SSSR count). The van der Waals surface area contributed by atoms with E-state index in [-0.39, 0.29) is 0 Å². The first kappa shape index (κ1) is 17.0. The number of nitrogens with one attached hydrogen (secondary N) is 1. The smallest absolute Gasteiger partial charge is 0.00952 e. The molecule has 0 spiro atoms. The standard InChI is InChI=1S/C18H37N/c1-5-8-16-11-13-17(14-12-16)18(19-6-2)10-7-9-15(3)4/h15-19H,5-14H2,1-4H3. The van der Waals surface area contributed by atoms with Crippen molar-refractivity contribution in [2.24, 2.45) is 17.8 Å². The van der Waals surface area contributed by atoms with Gasteiger partial charge in [-0.1, -0.05) is 66.2 Å². The van der Waals surface area contributed by atoms with E-state index in [1.165, 1.54) is 57.8 Å². The summed E-state index contributed by atoms with van der Waals surface area (Å²) in [6.07, 6.45) is 13.0. The number of hydrogen-bond acceptors (Lipinski definition) is 1. The second-order valence-electron chi connectivity index (χ2n) is 7.06. The highest BCUT2D eigenvalue weighted by Crippen LogP contribution is 2.34. The first-order valence-electron chi connectivity index (χ1n) is 8.90. The van der Waals surface area contributed by atoms with E-state index in [0.717, 1.165) is 30.3 Å². The summed E-state index contributed by atoms with van der Waals surface area (Å²) in [7, 11) is 0. The Labute approximate surface area is 121 Å². The molecular weight excluding hydrogens is 230 g/mol. The van der Waals surface area contributed by atoms with Crippen molar-refractivity contribution in [1.29, 1.82) is 0 Å². The third-order valence-corrected chi connectivity index (χ3v) is 4.92. The van der Waals surface area contributed by atoms with Crippen LogP contribution >= 0.6 is 0 Å². The van der Waals surface area contributed by atoms with Gasteiger partial charge in [0.1, 0.15) is 0 Å². The summed E-state index contributed by atoms with van der Waals surface area (Å²) in [5.74, 6) is 2.86. The minimum absolute atomic E-state index is 0.798. The molecule has 1 aliphatic carbocycles. The highest BCUT2D eigenvalue weighted by atomic mass is 14.9. The molecule has 1 unspecified atom stereocenters. The van der Waals surface area contributed by atoms with Gasteiger partial charge in [0.15, 0.2) is 0 Å². The van der Waals surface area contributed by atoms with Crippen LogP contribution in [0.4, 0.5) is 0 Å². The lowest BCUT2D eigenvalue weighted by molar-refractivity contribution is 0.205. The van der Waals surface area contributed by atoms with Gasteiger partial charge in [-0.25, -0.2) is 0 Å². The largest absolute Gasteiger partial charge is 0.314 e. The highest BCUT2D eigenvalue weighted by molar-refractivity contribution is 4.81. The maximum absolute atomic E-state index is 3.77. The van der Waals surface area contributed by atoms with E-state index in [0.29, 0.717) is 0 Å². The zero-order chi connectivity index (χ0) is 14.1. The van der Waals surface area contributed by atoms with Crippen molar-refractivity contribution in [3.05, 3.63) is 0 Å². The zero-order valence-electron chi connectivity index (χ0n) is 13.9. The minimum Gasteiger partial charge on any atom is -0.314 e. The quantitative estimate of drug-likeness (QED) is 0.590. The van der Waals surface area contributed by atoms with Crippen molar-refractivity contribution in [3.63, 3.8) is 0 Å². The van der Waals surface area contributed by atoms with Crippen LogP contribution in [-0.2, 0) is 0 Å². The van der Waals surface area contributed by atoms with Crippen LogP contribution in [0, 0.1) is 17.8 Å². The summed E-state index contributed by atoms with van der Waals surface area (Å²) in [5.41, 5.74) is 0. The molecule has 1 aliphatic rings. The lowest BCUT2D eigenvalue weighted by Crippen LogP contribution is -2.38. The van der Waals surface area contributed by atoms with Crippen molar-refractivity contribution in [2.45, 2.75) is 91.5 Å². The van der Waals surface area contributed by atoms with E-state index in [9.17, 15) is 0 Å². The summed E-state index contributed by atoms with van der Waals surface area (Å²) in [6, 6.07) is 0.798. The predicted molar refractivity (Wildman–Crippen MR) is 86.5 cm³/mol. The Balaban J connectivity index is 2.31. The van der Waals surface area contributed by atoms with Gasteiger partial charge in [0.05, 0.1) is 0 Å². The van der Waals surface area contributed by atoms with Gasteiger partial charge in [0.25, 0.3) is 0 Å². The maximum Gasteiger partial charge on any atom is 0.00952 e. The monoisotopic (exact) mass is 267 g/mol. The molecule has 1 saturated carbocycles. The van der Waals surface area contributed by atoms with Gasteiger partial charge in [-0.05, 0) is 43.6 Å². The summed E-state index contributed by atoms with van der Waals surface area (Å²) >= 11 is 0. The van der Waals surface area contributed by atoms with Gasteiger partial charge < -0.3 is 5.32 Å². The van der Waals surface area contributed by atoms with E-state index in [4.69, 9.17) is 0 Å². The first-order chi connectivity index (χ1) is 9.17. The molecule has 1 N–H and O–H groups in total. The van der Waals surface area contributed by atoms with Gasteiger partial charge in [-0.3, -0.25) is 0 Å². The Bertz CT molecular complexity index is 204. The molecule has 1 heteroatoms. The third kappa shape index (κ3) is 6.79. The molecule has 0 amide bonds. The van der Waals surface area contributed by atoms with Crippen LogP contribution in [0.2, 0.25) is 0 Å². The van der Waals surface area contributed by atoms with Crippen LogP contribution in [0.3, 0.4) is 0 Å². The van der Waals surface area contributed by atoms with Gasteiger partial charge in [-0.2, -0.15) is 0 Å². The van der Waals surface area contributed by atoms with E-state index >= 15 is 0 Å². The number of rotatable bonds is 9. The third-order valence-electron chi connectivity index (χ3n) is 4.92. The summed E-state index contributed by atoms with van der Waals surface area (Å²) < 4.78 is 0. The maximum atomic E-state index is 3.77. The van der Waals surface area contributed by atoms with Gasteiger partial charge >= 0.3 is 0 Å². The molecule has 0 aliphatic heterocycles. The van der Waals surface area contributed by atoms with E-state index < -0.39 is 0 Å². The molecule has 114 valence electrons. The van der Waals surface area contributed by atoms with Gasteiger partial charge in [-0.15, -0.1) is 0 Å². The van der Waals surface area contributed by atoms with E-state index in [2.05, 4.69) is 33.0 Å². The van der Waals surface area contributed by atoms with E-state index in [1.54, 1.807) is 0 Å². The second kappa shape index (κ2) is 9.80. The second-order valence-corrected chi connectivity index (χ2v) is 7.06. The lowest BCUT2D eigenvalue weighted by atomic mass is 9.76. The lowest BCUT2D eigenvalue weighted by Gasteiger charge is -2.34.